The molecule has 3 rings (SSSR count). The molecule has 0 atom stereocenters. The van der Waals surface area contributed by atoms with Gasteiger partial charge in [0.05, 0.1) is 11.9 Å². The van der Waals surface area contributed by atoms with E-state index in [9.17, 15) is 0 Å². The number of rotatable bonds is 3. The summed E-state index contributed by atoms with van der Waals surface area (Å²) in [4.78, 5) is 0. The smallest absolute Gasteiger partial charge is 0.202 e. The second kappa shape index (κ2) is 5.61. The van der Waals surface area contributed by atoms with E-state index in [4.69, 9.17) is 0 Å². The Hall–Kier alpha value is -2.28. The third kappa shape index (κ3) is 2.92. The van der Waals surface area contributed by atoms with E-state index < -0.39 is 0 Å². The highest BCUT2D eigenvalue weighted by molar-refractivity contribution is 9.10. The van der Waals surface area contributed by atoms with Crippen LogP contribution in [0.1, 0.15) is 17.0 Å². The number of nitrogens with zero attached hydrogens (tertiary/aromatic N) is 6. The molecule has 6 nitrogen and oxygen atoms in total. The molecule has 21 heavy (non-hydrogen) atoms. The van der Waals surface area contributed by atoms with Crippen molar-refractivity contribution in [1.82, 2.24) is 24.7 Å². The Kier molecular flexibility index (Phi) is 3.66. The zero-order valence-electron chi connectivity index (χ0n) is 11.6. The topological polar surface area (TPSA) is 60.9 Å². The Morgan fingerprint density at radius 3 is 2.81 bits per heavy atom. The van der Waals surface area contributed by atoms with Crippen LogP contribution in [0.25, 0.3) is 5.95 Å². The quantitative estimate of drug-likeness (QED) is 0.686. The van der Waals surface area contributed by atoms with E-state index >= 15 is 0 Å². The van der Waals surface area contributed by atoms with Crippen molar-refractivity contribution in [1.29, 1.82) is 0 Å². The van der Waals surface area contributed by atoms with Crippen molar-refractivity contribution < 1.29 is 0 Å². The van der Waals surface area contributed by atoms with Crippen molar-refractivity contribution in [2.75, 3.05) is 0 Å². The molecule has 3 aromatic rings. The molecule has 0 fully saturated rings. The first-order valence-corrected chi connectivity index (χ1v) is 7.16. The van der Waals surface area contributed by atoms with Crippen LogP contribution < -0.4 is 0 Å². The van der Waals surface area contributed by atoms with Gasteiger partial charge in [-0.2, -0.15) is 14.9 Å². The van der Waals surface area contributed by atoms with Crippen LogP contribution in [0.2, 0.25) is 0 Å². The summed E-state index contributed by atoms with van der Waals surface area (Å²) in [6.07, 6.45) is 3.31. The van der Waals surface area contributed by atoms with Gasteiger partial charge in [-0.25, -0.2) is 4.68 Å². The molecule has 0 aliphatic carbocycles. The van der Waals surface area contributed by atoms with Gasteiger partial charge < -0.3 is 0 Å². The summed E-state index contributed by atoms with van der Waals surface area (Å²) in [7, 11) is 0. The highest BCUT2D eigenvalue weighted by Gasteiger charge is 2.10. The lowest BCUT2D eigenvalue weighted by atomic mass is 10.2. The highest BCUT2D eigenvalue weighted by Crippen LogP contribution is 2.11. The van der Waals surface area contributed by atoms with E-state index in [0.29, 0.717) is 5.95 Å². The van der Waals surface area contributed by atoms with E-state index in [-0.39, 0.29) is 0 Å². The van der Waals surface area contributed by atoms with E-state index in [1.807, 2.05) is 44.2 Å². The molecule has 0 aliphatic heterocycles. The molecule has 7 heteroatoms. The number of aryl methyl sites for hydroxylation is 2. The summed E-state index contributed by atoms with van der Waals surface area (Å²) in [5.74, 6) is 0.562. The van der Waals surface area contributed by atoms with Crippen molar-refractivity contribution in [2.24, 2.45) is 5.10 Å². The third-order valence-electron chi connectivity index (χ3n) is 2.89. The predicted molar refractivity (Wildman–Crippen MR) is 83.8 cm³/mol. The summed E-state index contributed by atoms with van der Waals surface area (Å²) in [6.45, 7) is 3.91. The fourth-order valence-corrected chi connectivity index (χ4v) is 2.41. The molecular formula is C14H13BrN6. The maximum atomic E-state index is 4.39. The summed E-state index contributed by atoms with van der Waals surface area (Å²) in [5, 5.41) is 16.8. The number of aromatic nitrogens is 5. The summed E-state index contributed by atoms with van der Waals surface area (Å²) in [5.41, 5.74) is 2.90. The number of hydrogen-bond donors (Lipinski definition) is 0. The molecule has 0 radical (unpaired) electrons. The van der Waals surface area contributed by atoms with Crippen molar-refractivity contribution in [3.63, 3.8) is 0 Å². The molecule has 0 unspecified atom stereocenters. The van der Waals surface area contributed by atoms with Gasteiger partial charge in [0.2, 0.25) is 0 Å². The van der Waals surface area contributed by atoms with Crippen LogP contribution >= 0.6 is 15.9 Å². The molecule has 106 valence electrons. The minimum atomic E-state index is 0.562. The third-order valence-corrected chi connectivity index (χ3v) is 3.39. The first-order valence-electron chi connectivity index (χ1n) is 6.37. The zero-order valence-corrected chi connectivity index (χ0v) is 13.2. The Bertz CT molecular complexity index is 801. The highest BCUT2D eigenvalue weighted by atomic mass is 79.9. The van der Waals surface area contributed by atoms with Crippen LogP contribution in [0.15, 0.2) is 46.2 Å². The molecule has 0 bridgehead atoms. The molecule has 0 saturated carbocycles. The molecule has 0 amide bonds. The first-order chi connectivity index (χ1) is 10.1. The van der Waals surface area contributed by atoms with Crippen molar-refractivity contribution >= 4 is 22.1 Å². The molecular weight excluding hydrogens is 332 g/mol. The Labute approximate surface area is 130 Å². The lowest BCUT2D eigenvalue weighted by Gasteiger charge is -2.02. The lowest BCUT2D eigenvalue weighted by Crippen LogP contribution is -2.06. The Morgan fingerprint density at radius 2 is 2.10 bits per heavy atom. The van der Waals surface area contributed by atoms with E-state index in [0.717, 1.165) is 21.4 Å². The van der Waals surface area contributed by atoms with Crippen molar-refractivity contribution in [3.05, 3.63) is 58.1 Å². The number of benzene rings is 1. The maximum Gasteiger partial charge on any atom is 0.273 e. The van der Waals surface area contributed by atoms with E-state index in [1.54, 1.807) is 21.9 Å². The SMILES string of the molecule is Cc1cc(C)n(-c2nncn2/N=C/c2cccc(Br)c2)n1. The van der Waals surface area contributed by atoms with Crippen molar-refractivity contribution in [3.8, 4) is 5.95 Å². The Morgan fingerprint density at radius 1 is 1.24 bits per heavy atom. The van der Waals surface area contributed by atoms with Crippen LogP contribution in [-0.4, -0.2) is 30.9 Å². The van der Waals surface area contributed by atoms with Gasteiger partial charge in [0, 0.05) is 10.2 Å². The van der Waals surface area contributed by atoms with Crippen LogP contribution in [0.5, 0.6) is 0 Å². The molecule has 1 aromatic carbocycles. The summed E-state index contributed by atoms with van der Waals surface area (Å²) >= 11 is 3.44. The zero-order chi connectivity index (χ0) is 14.8. The first kappa shape index (κ1) is 13.7. The van der Waals surface area contributed by atoms with Crippen LogP contribution in [0.3, 0.4) is 0 Å². The van der Waals surface area contributed by atoms with Crippen LogP contribution in [0.4, 0.5) is 0 Å². The molecule has 2 heterocycles. The second-order valence-electron chi connectivity index (χ2n) is 4.61. The molecule has 0 N–H and O–H groups in total. The van der Waals surface area contributed by atoms with Gasteiger partial charge in [0.15, 0.2) is 0 Å². The van der Waals surface area contributed by atoms with Gasteiger partial charge in [0.25, 0.3) is 5.95 Å². The summed E-state index contributed by atoms with van der Waals surface area (Å²) < 4.78 is 4.33. The molecule has 0 aliphatic rings. The van der Waals surface area contributed by atoms with Gasteiger partial charge in [-0.15, -0.1) is 10.2 Å². The van der Waals surface area contributed by atoms with Crippen LogP contribution in [0, 0.1) is 13.8 Å². The maximum absolute atomic E-state index is 4.39. The second-order valence-corrected chi connectivity index (χ2v) is 5.53. The molecule has 0 saturated heterocycles. The van der Waals surface area contributed by atoms with Gasteiger partial charge >= 0.3 is 0 Å². The van der Waals surface area contributed by atoms with E-state index in [1.165, 1.54) is 0 Å². The summed E-state index contributed by atoms with van der Waals surface area (Å²) in [6, 6.07) is 9.87. The lowest BCUT2D eigenvalue weighted by molar-refractivity contribution is 0.717. The average molecular weight is 345 g/mol. The number of halogens is 1. The number of hydrogen-bond acceptors (Lipinski definition) is 4. The fraction of sp³-hybridized carbons (Fsp3) is 0.143. The van der Waals surface area contributed by atoms with Gasteiger partial charge in [0.1, 0.15) is 6.33 Å². The molecule has 0 spiro atoms. The molecule has 2 aromatic heterocycles. The van der Waals surface area contributed by atoms with E-state index in [2.05, 4.69) is 36.3 Å². The minimum absolute atomic E-state index is 0.562. The van der Waals surface area contributed by atoms with Gasteiger partial charge in [-0.05, 0) is 37.6 Å². The Balaban J connectivity index is 1.94. The fourth-order valence-electron chi connectivity index (χ4n) is 1.99. The minimum Gasteiger partial charge on any atom is -0.202 e. The standard InChI is InChI=1S/C14H13BrN6/c1-10-6-11(2)21(19-10)14-18-16-9-20(14)17-8-12-4-3-5-13(15)7-12/h3-9H,1-2H3/b17-8+. The largest absolute Gasteiger partial charge is 0.273 e. The van der Waals surface area contributed by atoms with Crippen LogP contribution in [-0.2, 0) is 0 Å². The average Bonchev–Trinajstić information content (AvgIpc) is 3.02. The monoisotopic (exact) mass is 344 g/mol. The van der Waals surface area contributed by atoms with Crippen molar-refractivity contribution in [2.45, 2.75) is 13.8 Å². The normalized spacial score (nSPS) is 11.4. The van der Waals surface area contributed by atoms with Gasteiger partial charge in [-0.3, -0.25) is 0 Å². The predicted octanol–water partition coefficient (Wildman–Crippen LogP) is 2.73. The van der Waals surface area contributed by atoms with Gasteiger partial charge in [-0.1, -0.05) is 28.1 Å².